The minimum Gasteiger partial charge on any atom is -0.322 e. The number of para-hydroxylation sites is 1. The average Bonchev–Trinajstić information content (AvgIpc) is 3.49. The first-order valence-corrected chi connectivity index (χ1v) is 12.8. The lowest BCUT2D eigenvalue weighted by Crippen LogP contribution is -2.52. The number of likely N-dealkylation sites (tertiary alicyclic amines) is 1. The SMILES string of the molecule is O=C1CCC(N2Cc3c(cc(F)cc3C3CCN(Cc4ccn(-c5ccccc5)n4)CC3)C2=O)C(=O)N1. The van der Waals surface area contributed by atoms with Crippen LogP contribution in [0, 0.1) is 5.82 Å². The number of fused-ring (bicyclic) bond motifs is 1. The van der Waals surface area contributed by atoms with Gasteiger partial charge < -0.3 is 4.90 Å². The van der Waals surface area contributed by atoms with Crippen LogP contribution in [0.4, 0.5) is 4.39 Å². The second kappa shape index (κ2) is 9.55. The largest absolute Gasteiger partial charge is 0.322 e. The van der Waals surface area contributed by atoms with Crippen molar-refractivity contribution in [3.63, 3.8) is 0 Å². The summed E-state index contributed by atoms with van der Waals surface area (Å²) >= 11 is 0. The highest BCUT2D eigenvalue weighted by molar-refractivity contribution is 6.05. The molecule has 3 aromatic rings. The van der Waals surface area contributed by atoms with E-state index >= 15 is 0 Å². The molecule has 8 nitrogen and oxygen atoms in total. The Morgan fingerprint density at radius 3 is 2.54 bits per heavy atom. The van der Waals surface area contributed by atoms with E-state index in [-0.39, 0.29) is 30.7 Å². The van der Waals surface area contributed by atoms with E-state index in [0.717, 1.165) is 55.0 Å². The Hall–Kier alpha value is -3.85. The normalized spacial score (nSPS) is 20.8. The minimum atomic E-state index is -0.703. The molecule has 1 atom stereocenters. The number of benzene rings is 2. The first-order chi connectivity index (χ1) is 18.0. The Balaban J connectivity index is 1.14. The van der Waals surface area contributed by atoms with Gasteiger partial charge >= 0.3 is 0 Å². The van der Waals surface area contributed by atoms with Gasteiger partial charge in [-0.15, -0.1) is 0 Å². The summed E-state index contributed by atoms with van der Waals surface area (Å²) in [6.07, 6.45) is 4.16. The number of rotatable bonds is 5. The zero-order valence-electron chi connectivity index (χ0n) is 20.4. The molecule has 4 heterocycles. The number of hydrogen-bond acceptors (Lipinski definition) is 5. The summed E-state index contributed by atoms with van der Waals surface area (Å²) in [5.74, 6) is -1.41. The standard InChI is InChI=1S/C28H28FN5O3/c29-19-14-22(24-17-33(28(37)23(24)15-19)25-6-7-26(35)30-27(25)36)18-8-11-32(12-9-18)16-20-10-13-34(31-20)21-4-2-1-3-5-21/h1-5,10,13-15,18,25H,6-9,11-12,16-17H2,(H,30,35,36). The molecule has 0 spiro atoms. The van der Waals surface area contributed by atoms with Crippen LogP contribution >= 0.6 is 0 Å². The molecular formula is C28H28FN5O3. The Morgan fingerprint density at radius 2 is 1.78 bits per heavy atom. The van der Waals surface area contributed by atoms with E-state index in [4.69, 9.17) is 5.10 Å². The van der Waals surface area contributed by atoms with Gasteiger partial charge in [0.1, 0.15) is 11.9 Å². The van der Waals surface area contributed by atoms with Crippen LogP contribution in [0.15, 0.2) is 54.7 Å². The molecule has 0 bridgehead atoms. The van der Waals surface area contributed by atoms with Crippen LogP contribution < -0.4 is 5.32 Å². The molecule has 1 unspecified atom stereocenters. The Morgan fingerprint density at radius 1 is 1.00 bits per heavy atom. The zero-order chi connectivity index (χ0) is 25.5. The van der Waals surface area contributed by atoms with E-state index in [1.54, 1.807) is 6.07 Å². The average molecular weight is 502 g/mol. The van der Waals surface area contributed by atoms with Gasteiger partial charge in [-0.3, -0.25) is 24.6 Å². The lowest BCUT2D eigenvalue weighted by molar-refractivity contribution is -0.136. The van der Waals surface area contributed by atoms with Gasteiger partial charge in [-0.05, 0) is 79.7 Å². The van der Waals surface area contributed by atoms with Crippen molar-refractivity contribution in [1.29, 1.82) is 0 Å². The number of aromatic nitrogens is 2. The molecule has 0 saturated carbocycles. The summed E-state index contributed by atoms with van der Waals surface area (Å²) in [6, 6.07) is 14.2. The van der Waals surface area contributed by atoms with Crippen LogP contribution in [-0.4, -0.2) is 56.4 Å². The van der Waals surface area contributed by atoms with E-state index in [2.05, 4.69) is 10.2 Å². The third-order valence-corrected chi connectivity index (χ3v) is 7.73. The van der Waals surface area contributed by atoms with Crippen LogP contribution in [0.2, 0.25) is 0 Å². The fraction of sp³-hybridized carbons (Fsp3) is 0.357. The van der Waals surface area contributed by atoms with Crippen LogP contribution in [0.3, 0.4) is 0 Å². The van der Waals surface area contributed by atoms with Crippen molar-refractivity contribution in [1.82, 2.24) is 24.9 Å². The first kappa shape index (κ1) is 23.5. The first-order valence-electron chi connectivity index (χ1n) is 12.8. The van der Waals surface area contributed by atoms with Gasteiger partial charge in [-0.25, -0.2) is 9.07 Å². The maximum atomic E-state index is 14.6. The fourth-order valence-electron chi connectivity index (χ4n) is 5.82. The van der Waals surface area contributed by atoms with Gasteiger partial charge in [0, 0.05) is 31.3 Å². The molecule has 1 N–H and O–H groups in total. The Bertz CT molecular complexity index is 1360. The number of piperidine rings is 2. The van der Waals surface area contributed by atoms with Gasteiger partial charge in [-0.1, -0.05) is 18.2 Å². The van der Waals surface area contributed by atoms with Crippen molar-refractivity contribution >= 4 is 17.7 Å². The van der Waals surface area contributed by atoms with E-state index in [9.17, 15) is 18.8 Å². The number of halogens is 1. The second-order valence-electron chi connectivity index (χ2n) is 10.1. The fourth-order valence-corrected chi connectivity index (χ4v) is 5.82. The van der Waals surface area contributed by atoms with Crippen LogP contribution in [0.5, 0.6) is 0 Å². The Labute approximate surface area is 214 Å². The predicted octanol–water partition coefficient (Wildman–Crippen LogP) is 3.15. The number of carbonyl (C=O) groups excluding carboxylic acids is 3. The molecule has 190 valence electrons. The van der Waals surface area contributed by atoms with Crippen molar-refractivity contribution in [2.45, 2.75) is 50.7 Å². The van der Waals surface area contributed by atoms with Crippen LogP contribution in [-0.2, 0) is 22.7 Å². The third kappa shape index (κ3) is 4.55. The Kier molecular flexibility index (Phi) is 6.08. The summed E-state index contributed by atoms with van der Waals surface area (Å²) in [4.78, 5) is 40.9. The van der Waals surface area contributed by atoms with E-state index in [1.807, 2.05) is 47.3 Å². The van der Waals surface area contributed by atoms with Crippen molar-refractivity contribution in [3.05, 3.63) is 82.9 Å². The maximum absolute atomic E-state index is 14.6. The number of carbonyl (C=O) groups is 3. The summed E-state index contributed by atoms with van der Waals surface area (Å²) in [6.45, 7) is 2.71. The van der Waals surface area contributed by atoms with Gasteiger partial charge in [0.25, 0.3) is 5.91 Å². The smallest absolute Gasteiger partial charge is 0.255 e. The molecule has 2 aromatic carbocycles. The lowest BCUT2D eigenvalue weighted by Gasteiger charge is -2.33. The summed E-state index contributed by atoms with van der Waals surface area (Å²) in [7, 11) is 0. The molecule has 1 aromatic heterocycles. The molecule has 0 aliphatic carbocycles. The van der Waals surface area contributed by atoms with E-state index < -0.39 is 17.8 Å². The highest BCUT2D eigenvalue weighted by atomic mass is 19.1. The zero-order valence-corrected chi connectivity index (χ0v) is 20.4. The molecule has 0 radical (unpaired) electrons. The highest BCUT2D eigenvalue weighted by Gasteiger charge is 2.41. The number of nitrogens with one attached hydrogen (secondary N) is 1. The summed E-state index contributed by atoms with van der Waals surface area (Å²) < 4.78 is 16.5. The topological polar surface area (TPSA) is 87.5 Å². The van der Waals surface area contributed by atoms with Crippen molar-refractivity contribution in [2.75, 3.05) is 13.1 Å². The van der Waals surface area contributed by atoms with Crippen molar-refractivity contribution in [2.24, 2.45) is 0 Å². The minimum absolute atomic E-state index is 0.136. The molecule has 3 aliphatic heterocycles. The van der Waals surface area contributed by atoms with Crippen molar-refractivity contribution in [3.8, 4) is 5.69 Å². The summed E-state index contributed by atoms with van der Waals surface area (Å²) in [5, 5.41) is 7.03. The van der Waals surface area contributed by atoms with E-state index in [0.29, 0.717) is 12.0 Å². The van der Waals surface area contributed by atoms with Gasteiger partial charge in [0.15, 0.2) is 0 Å². The highest BCUT2D eigenvalue weighted by Crippen LogP contribution is 2.38. The van der Waals surface area contributed by atoms with E-state index in [1.165, 1.54) is 11.0 Å². The molecule has 3 amide bonds. The predicted molar refractivity (Wildman–Crippen MR) is 133 cm³/mol. The lowest BCUT2D eigenvalue weighted by atomic mass is 9.85. The number of hydrogen-bond donors (Lipinski definition) is 1. The quantitative estimate of drug-likeness (QED) is 0.543. The molecule has 2 saturated heterocycles. The van der Waals surface area contributed by atoms with Crippen LogP contribution in [0.25, 0.3) is 5.69 Å². The maximum Gasteiger partial charge on any atom is 0.255 e. The molecular weight excluding hydrogens is 473 g/mol. The van der Waals surface area contributed by atoms with Crippen molar-refractivity contribution < 1.29 is 18.8 Å². The van der Waals surface area contributed by atoms with Gasteiger partial charge in [-0.2, -0.15) is 5.10 Å². The molecule has 3 aliphatic rings. The monoisotopic (exact) mass is 501 g/mol. The molecule has 9 heteroatoms. The summed E-state index contributed by atoms with van der Waals surface area (Å²) in [5.41, 5.74) is 4.05. The van der Waals surface area contributed by atoms with Gasteiger partial charge in [0.05, 0.1) is 11.4 Å². The number of imide groups is 1. The number of nitrogens with zero attached hydrogens (tertiary/aromatic N) is 4. The third-order valence-electron chi connectivity index (χ3n) is 7.73. The second-order valence-corrected chi connectivity index (χ2v) is 10.1. The number of amides is 3. The molecule has 2 fully saturated rings. The molecule has 37 heavy (non-hydrogen) atoms. The van der Waals surface area contributed by atoms with Crippen LogP contribution in [0.1, 0.15) is 58.8 Å². The van der Waals surface area contributed by atoms with Gasteiger partial charge in [0.2, 0.25) is 11.8 Å². The molecule has 6 rings (SSSR count).